The van der Waals surface area contributed by atoms with Crippen LogP contribution in [0.5, 0.6) is 5.75 Å². The number of fused-ring (bicyclic) bond motifs is 1. The van der Waals surface area contributed by atoms with Crippen molar-refractivity contribution in [2.24, 2.45) is 0 Å². The van der Waals surface area contributed by atoms with E-state index < -0.39 is 18.8 Å². The number of nitrogens with one attached hydrogen (secondary N) is 1. The van der Waals surface area contributed by atoms with E-state index in [4.69, 9.17) is 4.74 Å². The van der Waals surface area contributed by atoms with Crippen LogP contribution in [-0.2, 0) is 11.0 Å². The molecule has 0 atom stereocenters. The van der Waals surface area contributed by atoms with E-state index in [1.54, 1.807) is 43.8 Å². The molecule has 0 saturated carbocycles. The number of hydrogen-bond acceptors (Lipinski definition) is 5. The summed E-state index contributed by atoms with van der Waals surface area (Å²) < 4.78 is 44.9. The first-order valence-electron chi connectivity index (χ1n) is 9.72. The number of ether oxygens (including phenoxy) is 1. The van der Waals surface area contributed by atoms with Gasteiger partial charge in [0.05, 0.1) is 29.0 Å². The first-order valence-corrected chi connectivity index (χ1v) is 12.3. The monoisotopic (exact) mass is 455 g/mol. The quantitative estimate of drug-likeness (QED) is 0.458. The molecule has 4 rings (SSSR count). The van der Waals surface area contributed by atoms with Crippen molar-refractivity contribution < 1.29 is 18.1 Å². The summed E-state index contributed by atoms with van der Waals surface area (Å²) in [5.74, 6) is -0.557. The zero-order valence-corrected chi connectivity index (χ0v) is 18.5. The van der Waals surface area contributed by atoms with Gasteiger partial charge in [-0.1, -0.05) is 6.07 Å². The van der Waals surface area contributed by atoms with Crippen molar-refractivity contribution in [1.82, 2.24) is 15.0 Å². The van der Waals surface area contributed by atoms with E-state index in [1.807, 2.05) is 0 Å². The van der Waals surface area contributed by atoms with E-state index in [1.165, 1.54) is 19.2 Å². The van der Waals surface area contributed by atoms with Gasteiger partial charge in [0.1, 0.15) is 30.4 Å². The molecule has 0 amide bonds. The first kappa shape index (κ1) is 21.8. The summed E-state index contributed by atoms with van der Waals surface area (Å²) in [6.07, 6.45) is 1.85. The van der Waals surface area contributed by atoms with Crippen LogP contribution in [0.1, 0.15) is 11.4 Å². The van der Waals surface area contributed by atoms with Crippen molar-refractivity contribution in [3.63, 3.8) is 0 Å². The molecule has 32 heavy (non-hydrogen) atoms. The molecule has 4 aromatic rings. The summed E-state index contributed by atoms with van der Waals surface area (Å²) in [4.78, 5) is 24.2. The Morgan fingerprint density at radius 2 is 1.78 bits per heavy atom. The van der Waals surface area contributed by atoms with Gasteiger partial charge in [0.15, 0.2) is 0 Å². The maximum atomic E-state index is 13.5. The van der Waals surface area contributed by atoms with Gasteiger partial charge in [0, 0.05) is 24.2 Å². The highest BCUT2D eigenvalue weighted by Gasteiger charge is 2.20. The Morgan fingerprint density at radius 3 is 2.38 bits per heavy atom. The molecule has 0 saturated heterocycles. The molecule has 0 aliphatic carbocycles. The minimum Gasteiger partial charge on any atom is -0.496 e. The lowest BCUT2D eigenvalue weighted by atomic mass is 10.1. The molecule has 2 aromatic heterocycles. The van der Waals surface area contributed by atoms with E-state index in [2.05, 4.69) is 15.0 Å². The Morgan fingerprint density at radius 1 is 1.06 bits per heavy atom. The Balaban J connectivity index is 1.68. The number of hydrogen-bond donors (Lipinski definition) is 1. The van der Waals surface area contributed by atoms with Gasteiger partial charge in [-0.15, -0.1) is 0 Å². The van der Waals surface area contributed by atoms with Crippen molar-refractivity contribution in [3.8, 4) is 17.0 Å². The Kier molecular flexibility index (Phi) is 5.65. The fraction of sp³-hybridized carbons (Fsp3) is 0.174. The second kappa shape index (κ2) is 8.28. The maximum absolute atomic E-state index is 13.5. The van der Waals surface area contributed by atoms with E-state index in [-0.39, 0.29) is 12.0 Å². The topological polar surface area (TPSA) is 84.9 Å². The van der Waals surface area contributed by atoms with Crippen LogP contribution < -0.4 is 15.6 Å². The molecule has 2 aromatic carbocycles. The number of H-pyrrole nitrogens is 1. The van der Waals surface area contributed by atoms with Crippen LogP contribution in [0.2, 0.25) is 0 Å². The molecule has 0 aliphatic rings. The third-order valence-corrected chi connectivity index (χ3v) is 6.50. The Hall–Kier alpha value is -3.38. The largest absolute Gasteiger partial charge is 0.496 e. The fourth-order valence-corrected chi connectivity index (χ4v) is 4.59. The minimum atomic E-state index is -2.66. The van der Waals surface area contributed by atoms with Gasteiger partial charge in [0.25, 0.3) is 5.56 Å². The number of rotatable bonds is 5. The van der Waals surface area contributed by atoms with Gasteiger partial charge in [-0.25, -0.2) is 13.8 Å². The van der Waals surface area contributed by atoms with Gasteiger partial charge < -0.3 is 14.3 Å². The van der Waals surface area contributed by atoms with E-state index in [0.717, 1.165) is 11.6 Å². The van der Waals surface area contributed by atoms with Gasteiger partial charge in [-0.2, -0.15) is 0 Å². The molecular formula is C23H20F2N3O3P. The molecular weight excluding hydrogens is 435 g/mol. The Labute approximate surface area is 182 Å². The Bertz CT molecular complexity index is 1410. The van der Waals surface area contributed by atoms with Crippen LogP contribution in [0.4, 0.5) is 8.78 Å². The second-order valence-electron chi connectivity index (χ2n) is 7.79. The van der Waals surface area contributed by atoms with Gasteiger partial charge in [0.2, 0.25) is 0 Å². The third kappa shape index (κ3) is 4.46. The smallest absolute Gasteiger partial charge is 0.258 e. The third-order valence-electron chi connectivity index (χ3n) is 4.99. The van der Waals surface area contributed by atoms with Crippen molar-refractivity contribution in [3.05, 3.63) is 82.0 Å². The number of aromatic amines is 1. The summed E-state index contributed by atoms with van der Waals surface area (Å²) in [7, 11) is -1.19. The average Bonchev–Trinajstić information content (AvgIpc) is 2.72. The summed E-state index contributed by atoms with van der Waals surface area (Å²) in [5, 5.41) is 0.856. The van der Waals surface area contributed by atoms with E-state index >= 15 is 0 Å². The molecule has 9 heteroatoms. The lowest BCUT2D eigenvalue weighted by Crippen LogP contribution is -2.16. The number of methoxy groups -OCH3 is 1. The second-order valence-corrected chi connectivity index (χ2v) is 11.0. The number of aromatic nitrogens is 3. The summed E-state index contributed by atoms with van der Waals surface area (Å²) >= 11 is 0. The van der Waals surface area contributed by atoms with Crippen LogP contribution in [0.3, 0.4) is 0 Å². The highest BCUT2D eigenvalue weighted by molar-refractivity contribution is 7.70. The normalized spacial score (nSPS) is 11.7. The molecule has 0 unspecified atom stereocenters. The van der Waals surface area contributed by atoms with Crippen molar-refractivity contribution >= 4 is 23.3 Å². The average molecular weight is 455 g/mol. The molecule has 0 aliphatic heterocycles. The fourth-order valence-electron chi connectivity index (χ4n) is 3.47. The van der Waals surface area contributed by atoms with Crippen LogP contribution in [-0.4, -0.2) is 35.4 Å². The maximum Gasteiger partial charge on any atom is 0.258 e. The SMILES string of the molecule is COc1cc2c(=O)[nH]c(Cc3ccc(-c4cc(F)cc(F)c4)nc3)nc2cc1P(C)(C)=O. The molecule has 0 radical (unpaired) electrons. The standard InChI is InChI=1S/C23H20F2N3O3P/c1-31-20-10-17-19(11-21(20)32(2,3)30)27-22(28-23(17)29)6-13-4-5-18(26-12-13)14-7-15(24)9-16(25)8-14/h4-5,7-12H,6H2,1-3H3,(H,27,28,29). The number of nitrogens with zero attached hydrogens (tertiary/aromatic N) is 2. The highest BCUT2D eigenvalue weighted by atomic mass is 31.2. The predicted octanol–water partition coefficient (Wildman–Crippen LogP) is 4.11. The summed E-state index contributed by atoms with van der Waals surface area (Å²) in [5.41, 5.74) is 1.58. The van der Waals surface area contributed by atoms with Crippen molar-refractivity contribution in [1.29, 1.82) is 0 Å². The van der Waals surface area contributed by atoms with E-state index in [9.17, 15) is 18.1 Å². The number of benzene rings is 2. The zero-order chi connectivity index (χ0) is 23.0. The molecule has 0 fully saturated rings. The predicted molar refractivity (Wildman–Crippen MR) is 120 cm³/mol. The highest BCUT2D eigenvalue weighted by Crippen LogP contribution is 2.39. The first-order chi connectivity index (χ1) is 15.1. The van der Waals surface area contributed by atoms with E-state index in [0.29, 0.717) is 39.0 Å². The zero-order valence-electron chi connectivity index (χ0n) is 17.6. The number of halogens is 2. The van der Waals surface area contributed by atoms with Gasteiger partial charge in [-0.05, 0) is 49.2 Å². The van der Waals surface area contributed by atoms with Gasteiger partial charge >= 0.3 is 0 Å². The molecule has 2 heterocycles. The van der Waals surface area contributed by atoms with Crippen molar-refractivity contribution in [2.45, 2.75) is 6.42 Å². The number of pyridine rings is 1. The molecule has 6 nitrogen and oxygen atoms in total. The summed E-state index contributed by atoms with van der Waals surface area (Å²) in [6, 6.07) is 9.80. The molecule has 164 valence electrons. The minimum absolute atomic E-state index is 0.285. The lowest BCUT2D eigenvalue weighted by molar-refractivity contribution is 0.418. The van der Waals surface area contributed by atoms with Gasteiger partial charge in [-0.3, -0.25) is 9.78 Å². The van der Waals surface area contributed by atoms with Crippen LogP contribution in [0.25, 0.3) is 22.2 Å². The van der Waals surface area contributed by atoms with Crippen LogP contribution in [0, 0.1) is 11.6 Å². The van der Waals surface area contributed by atoms with Crippen molar-refractivity contribution in [2.75, 3.05) is 20.4 Å². The van der Waals surface area contributed by atoms with Crippen LogP contribution in [0.15, 0.2) is 53.5 Å². The molecule has 0 bridgehead atoms. The molecule has 1 N–H and O–H groups in total. The summed E-state index contributed by atoms with van der Waals surface area (Å²) in [6.45, 7) is 3.25. The lowest BCUT2D eigenvalue weighted by Gasteiger charge is -2.13. The van der Waals surface area contributed by atoms with Crippen LogP contribution >= 0.6 is 7.14 Å². The molecule has 0 spiro atoms.